The maximum Gasteiger partial charge on any atom is 0.257 e. The van der Waals surface area contributed by atoms with Crippen LogP contribution in [-0.2, 0) is 9.53 Å². The molecule has 31 heavy (non-hydrogen) atoms. The second-order valence-corrected chi connectivity index (χ2v) is 7.55. The lowest BCUT2D eigenvalue weighted by atomic mass is 10.1. The minimum atomic E-state index is -0.124. The molecule has 2 aromatic rings. The second kappa shape index (κ2) is 11.7. The number of halogens is 1. The number of amides is 2. The van der Waals surface area contributed by atoms with Gasteiger partial charge in [-0.2, -0.15) is 0 Å². The molecule has 1 aliphatic heterocycles. The van der Waals surface area contributed by atoms with Gasteiger partial charge in [-0.05, 0) is 31.2 Å². The molecule has 1 aliphatic rings. The summed E-state index contributed by atoms with van der Waals surface area (Å²) in [6.45, 7) is 6.02. The number of ether oxygens (including phenoxy) is 2. The van der Waals surface area contributed by atoms with Gasteiger partial charge in [-0.15, -0.1) is 0 Å². The van der Waals surface area contributed by atoms with E-state index in [9.17, 15) is 9.59 Å². The van der Waals surface area contributed by atoms with Crippen LogP contribution in [0, 0.1) is 0 Å². The fraction of sp³-hybridized carbons (Fsp3) is 0.391. The van der Waals surface area contributed by atoms with E-state index < -0.39 is 0 Å². The summed E-state index contributed by atoms with van der Waals surface area (Å²) in [6.07, 6.45) is 0. The topological polar surface area (TPSA) is 71.1 Å². The Morgan fingerprint density at radius 2 is 1.71 bits per heavy atom. The van der Waals surface area contributed by atoms with Crippen molar-refractivity contribution in [3.63, 3.8) is 0 Å². The van der Waals surface area contributed by atoms with Gasteiger partial charge in [-0.1, -0.05) is 35.9 Å². The molecule has 0 unspecified atom stereocenters. The number of hydrogen-bond acceptors (Lipinski definition) is 5. The van der Waals surface area contributed by atoms with Crippen molar-refractivity contribution in [1.82, 2.24) is 9.80 Å². The molecule has 8 heteroatoms. The minimum absolute atomic E-state index is 0.0628. The van der Waals surface area contributed by atoms with E-state index in [0.717, 1.165) is 0 Å². The summed E-state index contributed by atoms with van der Waals surface area (Å²) < 4.78 is 11.0. The van der Waals surface area contributed by atoms with Crippen LogP contribution < -0.4 is 10.1 Å². The molecule has 1 heterocycles. The van der Waals surface area contributed by atoms with Crippen molar-refractivity contribution < 1.29 is 19.1 Å². The summed E-state index contributed by atoms with van der Waals surface area (Å²) in [4.78, 5) is 29.2. The quantitative estimate of drug-likeness (QED) is 0.600. The van der Waals surface area contributed by atoms with E-state index in [1.807, 2.05) is 36.1 Å². The molecule has 0 bridgehead atoms. The highest BCUT2D eigenvalue weighted by molar-refractivity contribution is 6.33. The molecule has 7 nitrogen and oxygen atoms in total. The van der Waals surface area contributed by atoms with Crippen molar-refractivity contribution in [1.29, 1.82) is 0 Å². The van der Waals surface area contributed by atoms with Crippen LogP contribution in [-0.4, -0.2) is 74.2 Å². The van der Waals surface area contributed by atoms with Crippen LogP contribution in [0.2, 0.25) is 5.02 Å². The Bertz CT molecular complexity index is 885. The zero-order valence-electron chi connectivity index (χ0n) is 17.7. The lowest BCUT2D eigenvalue weighted by Crippen LogP contribution is -2.50. The molecular formula is C23H28ClN3O4. The van der Waals surface area contributed by atoms with Gasteiger partial charge in [-0.3, -0.25) is 14.5 Å². The van der Waals surface area contributed by atoms with Gasteiger partial charge in [0.25, 0.3) is 5.91 Å². The number of rotatable bonds is 9. The molecule has 166 valence electrons. The van der Waals surface area contributed by atoms with E-state index >= 15 is 0 Å². The first-order valence-corrected chi connectivity index (χ1v) is 10.8. The molecule has 0 saturated carbocycles. The maximum absolute atomic E-state index is 13.0. The van der Waals surface area contributed by atoms with Crippen LogP contribution >= 0.6 is 11.6 Å². The molecule has 1 N–H and O–H groups in total. The van der Waals surface area contributed by atoms with Crippen molar-refractivity contribution in [2.75, 3.05) is 57.9 Å². The number of benzene rings is 2. The van der Waals surface area contributed by atoms with Crippen molar-refractivity contribution >= 4 is 29.1 Å². The van der Waals surface area contributed by atoms with Gasteiger partial charge in [0.2, 0.25) is 5.91 Å². The van der Waals surface area contributed by atoms with Crippen LogP contribution in [0.5, 0.6) is 5.75 Å². The van der Waals surface area contributed by atoms with Gasteiger partial charge in [0.1, 0.15) is 12.4 Å². The molecular weight excluding hydrogens is 418 g/mol. The number of para-hydroxylation sites is 2. The fourth-order valence-electron chi connectivity index (χ4n) is 3.36. The number of hydrogen-bond donors (Lipinski definition) is 1. The lowest BCUT2D eigenvalue weighted by Gasteiger charge is -2.34. The highest BCUT2D eigenvalue weighted by Gasteiger charge is 2.25. The molecule has 2 amide bonds. The number of anilines is 1. The van der Waals surface area contributed by atoms with Crippen LogP contribution in [0.25, 0.3) is 0 Å². The Morgan fingerprint density at radius 1 is 1.00 bits per heavy atom. The monoisotopic (exact) mass is 445 g/mol. The number of nitrogens with zero attached hydrogens (tertiary/aromatic N) is 2. The number of piperazine rings is 1. The molecule has 0 atom stereocenters. The predicted molar refractivity (Wildman–Crippen MR) is 121 cm³/mol. The average molecular weight is 446 g/mol. The molecule has 0 aromatic heterocycles. The van der Waals surface area contributed by atoms with E-state index in [0.29, 0.717) is 68.0 Å². The van der Waals surface area contributed by atoms with Gasteiger partial charge in [0.05, 0.1) is 29.4 Å². The van der Waals surface area contributed by atoms with Gasteiger partial charge in [0, 0.05) is 32.8 Å². The molecule has 0 aliphatic carbocycles. The third-order valence-corrected chi connectivity index (χ3v) is 5.31. The van der Waals surface area contributed by atoms with E-state index in [1.54, 1.807) is 29.2 Å². The zero-order valence-corrected chi connectivity index (χ0v) is 18.4. The molecule has 2 aromatic carbocycles. The summed E-state index contributed by atoms with van der Waals surface area (Å²) in [5.41, 5.74) is 1.15. The molecule has 3 rings (SSSR count). The SMILES string of the molecule is CCOCCOc1ccccc1C(=O)N1CCN(CC(=O)Nc2ccccc2Cl)CC1. The number of carbonyl (C=O) groups is 2. The average Bonchev–Trinajstić information content (AvgIpc) is 2.78. The third-order valence-electron chi connectivity index (χ3n) is 4.98. The maximum atomic E-state index is 13.0. The first kappa shape index (κ1) is 23.1. The summed E-state index contributed by atoms with van der Waals surface area (Å²) in [7, 11) is 0. The van der Waals surface area contributed by atoms with Gasteiger partial charge in [-0.25, -0.2) is 0 Å². The zero-order chi connectivity index (χ0) is 22.1. The largest absolute Gasteiger partial charge is 0.490 e. The summed E-state index contributed by atoms with van der Waals surface area (Å²) in [6, 6.07) is 14.4. The Balaban J connectivity index is 1.50. The highest BCUT2D eigenvalue weighted by Crippen LogP contribution is 2.22. The molecule has 1 saturated heterocycles. The smallest absolute Gasteiger partial charge is 0.257 e. The normalized spacial score (nSPS) is 14.3. The number of carbonyl (C=O) groups excluding carboxylic acids is 2. The fourth-order valence-corrected chi connectivity index (χ4v) is 3.54. The van der Waals surface area contributed by atoms with Crippen LogP contribution in [0.15, 0.2) is 48.5 Å². The first-order valence-electron chi connectivity index (χ1n) is 10.4. The van der Waals surface area contributed by atoms with Crippen molar-refractivity contribution in [3.8, 4) is 5.75 Å². The van der Waals surface area contributed by atoms with Crippen molar-refractivity contribution in [3.05, 3.63) is 59.1 Å². The van der Waals surface area contributed by atoms with Crippen molar-refractivity contribution in [2.24, 2.45) is 0 Å². The van der Waals surface area contributed by atoms with Crippen molar-refractivity contribution in [2.45, 2.75) is 6.92 Å². The lowest BCUT2D eigenvalue weighted by molar-refractivity contribution is -0.117. The highest BCUT2D eigenvalue weighted by atomic mass is 35.5. The van der Waals surface area contributed by atoms with Crippen LogP contribution in [0.3, 0.4) is 0 Å². The minimum Gasteiger partial charge on any atom is -0.490 e. The van der Waals surface area contributed by atoms with Crippen LogP contribution in [0.1, 0.15) is 17.3 Å². The Kier molecular flexibility index (Phi) is 8.70. The van der Waals surface area contributed by atoms with E-state index in [1.165, 1.54) is 0 Å². The van der Waals surface area contributed by atoms with Gasteiger partial charge >= 0.3 is 0 Å². The Hall–Kier alpha value is -2.61. The Labute approximate surface area is 187 Å². The van der Waals surface area contributed by atoms with E-state index in [-0.39, 0.29) is 18.4 Å². The van der Waals surface area contributed by atoms with Gasteiger partial charge in [0.15, 0.2) is 0 Å². The summed E-state index contributed by atoms with van der Waals surface area (Å²) in [5, 5.41) is 3.34. The molecule has 1 fully saturated rings. The van der Waals surface area contributed by atoms with E-state index in [2.05, 4.69) is 5.32 Å². The van der Waals surface area contributed by atoms with E-state index in [4.69, 9.17) is 21.1 Å². The summed E-state index contributed by atoms with van der Waals surface area (Å²) >= 11 is 6.09. The first-order chi connectivity index (χ1) is 15.1. The number of nitrogens with one attached hydrogen (secondary N) is 1. The molecule has 0 radical (unpaired) electrons. The third kappa shape index (κ3) is 6.69. The van der Waals surface area contributed by atoms with Crippen LogP contribution in [0.4, 0.5) is 5.69 Å². The Morgan fingerprint density at radius 3 is 2.45 bits per heavy atom. The van der Waals surface area contributed by atoms with Gasteiger partial charge < -0.3 is 19.7 Å². The predicted octanol–water partition coefficient (Wildman–Crippen LogP) is 3.15. The summed E-state index contributed by atoms with van der Waals surface area (Å²) in [5.74, 6) is 0.377. The standard InChI is InChI=1S/C23H28ClN3O4/c1-2-30-15-16-31-21-10-6-3-7-18(21)23(29)27-13-11-26(12-14-27)17-22(28)25-20-9-5-4-8-19(20)24/h3-10H,2,11-17H2,1H3,(H,25,28). The molecule has 0 spiro atoms. The second-order valence-electron chi connectivity index (χ2n) is 7.14.